The molecule has 19 heavy (non-hydrogen) atoms. The van der Waals surface area contributed by atoms with Crippen molar-refractivity contribution >= 4 is 17.9 Å². The summed E-state index contributed by atoms with van der Waals surface area (Å²) < 4.78 is 0. The fourth-order valence-electron chi connectivity index (χ4n) is 0. The zero-order valence-electron chi connectivity index (χ0n) is 10.4. The van der Waals surface area contributed by atoms with Crippen LogP contribution in [0.15, 0.2) is 0 Å². The summed E-state index contributed by atoms with van der Waals surface area (Å²) in [5.41, 5.74) is 0. The molecule has 0 rings (SSSR count). The van der Waals surface area contributed by atoms with Crippen LogP contribution >= 0.6 is 0 Å². The number of aliphatic carboxylic acids is 3. The molecule has 0 heterocycles. The molecular formula is C6H21O12Sm. The van der Waals surface area contributed by atoms with Crippen molar-refractivity contribution in [2.45, 2.75) is 20.8 Å². The first-order chi connectivity index (χ1) is 5.20. The Bertz CT molecular complexity index is 120. The smallest absolute Gasteiger partial charge is 0.550 e. The van der Waals surface area contributed by atoms with Crippen LogP contribution in [0.3, 0.4) is 0 Å². The van der Waals surface area contributed by atoms with Crippen molar-refractivity contribution in [3.8, 4) is 0 Å². The maximum absolute atomic E-state index is 8.89. The van der Waals surface area contributed by atoms with Crippen molar-refractivity contribution in [3.63, 3.8) is 0 Å². The summed E-state index contributed by atoms with van der Waals surface area (Å²) >= 11 is 0. The topological polar surface area (TPSA) is 309 Å². The Morgan fingerprint density at radius 1 is 0.526 bits per heavy atom. The molecule has 0 aromatic rings. The van der Waals surface area contributed by atoms with Gasteiger partial charge in [-0.1, -0.05) is 0 Å². The first-order valence-electron chi connectivity index (χ1n) is 2.72. The monoisotopic (exact) mass is 437 g/mol. The number of carboxylic acid groups (broad SMARTS) is 3. The largest absolute Gasteiger partial charge is 3.00 e. The summed E-state index contributed by atoms with van der Waals surface area (Å²) in [7, 11) is 0. The Labute approximate surface area is 141 Å². The van der Waals surface area contributed by atoms with Crippen LogP contribution in [0.5, 0.6) is 0 Å². The summed E-state index contributed by atoms with van der Waals surface area (Å²) in [5.74, 6) is -3.25. The van der Waals surface area contributed by atoms with Gasteiger partial charge in [-0.05, 0) is 20.8 Å². The van der Waals surface area contributed by atoms with Gasteiger partial charge in [-0.25, -0.2) is 0 Å². The molecule has 0 aromatic carbocycles. The van der Waals surface area contributed by atoms with Gasteiger partial charge in [-0.15, -0.1) is 0 Å². The van der Waals surface area contributed by atoms with Gasteiger partial charge in [0.2, 0.25) is 0 Å². The van der Waals surface area contributed by atoms with E-state index in [2.05, 4.69) is 0 Å². The average Bonchev–Trinajstić information content (AvgIpc) is 1.54. The minimum absolute atomic E-state index is 0. The number of hydrogen-bond acceptors (Lipinski definition) is 6. The van der Waals surface area contributed by atoms with E-state index in [0.29, 0.717) is 0 Å². The van der Waals surface area contributed by atoms with Crippen LogP contribution in [0, 0.1) is 40.4 Å². The number of rotatable bonds is 0. The molecule has 12 N–H and O–H groups in total. The molecule has 0 saturated carbocycles. The molecule has 1 radical (unpaired) electrons. The molecule has 0 amide bonds. The van der Waals surface area contributed by atoms with Crippen molar-refractivity contribution in [1.29, 1.82) is 0 Å². The molecule has 0 atom stereocenters. The molecule has 0 bridgehead atoms. The Hall–Kier alpha value is -0.492. The van der Waals surface area contributed by atoms with E-state index in [1.165, 1.54) is 0 Å². The first-order valence-corrected chi connectivity index (χ1v) is 2.72. The molecule has 0 aromatic heterocycles. The van der Waals surface area contributed by atoms with Crippen molar-refractivity contribution in [2.24, 2.45) is 0 Å². The van der Waals surface area contributed by atoms with Crippen molar-refractivity contribution in [3.05, 3.63) is 0 Å². The van der Waals surface area contributed by atoms with Gasteiger partial charge in [0.1, 0.15) is 0 Å². The molecule has 0 saturated heterocycles. The fourth-order valence-corrected chi connectivity index (χ4v) is 0. The van der Waals surface area contributed by atoms with Crippen LogP contribution < -0.4 is 15.3 Å². The molecule has 0 aliphatic heterocycles. The van der Waals surface area contributed by atoms with Gasteiger partial charge >= 0.3 is 40.4 Å². The quantitative estimate of drug-likeness (QED) is 0.355. The van der Waals surface area contributed by atoms with Crippen molar-refractivity contribution < 1.29 is 103 Å². The van der Waals surface area contributed by atoms with Crippen LogP contribution in [-0.4, -0.2) is 50.8 Å². The first kappa shape index (κ1) is 78.4. The fraction of sp³-hybridized carbons (Fsp3) is 0.500. The van der Waals surface area contributed by atoms with Crippen LogP contribution in [0.25, 0.3) is 0 Å². The van der Waals surface area contributed by atoms with Crippen LogP contribution in [0.4, 0.5) is 0 Å². The van der Waals surface area contributed by atoms with Crippen molar-refractivity contribution in [2.75, 3.05) is 0 Å². The normalized spacial score (nSPS) is 3.95. The number of hydrogen-bond donors (Lipinski definition) is 0. The minimum Gasteiger partial charge on any atom is -0.550 e. The number of carbonyl (C=O) groups excluding carboxylic acids is 3. The van der Waals surface area contributed by atoms with E-state index in [-0.39, 0.29) is 73.2 Å². The molecule has 13 heteroatoms. The average molecular weight is 436 g/mol. The summed E-state index contributed by atoms with van der Waals surface area (Å²) in [4.78, 5) is 26.7. The maximum Gasteiger partial charge on any atom is 3.00 e. The van der Waals surface area contributed by atoms with Gasteiger partial charge in [0, 0.05) is 17.9 Å². The third-order valence-electron chi connectivity index (χ3n) is 0. The summed E-state index contributed by atoms with van der Waals surface area (Å²) in [6, 6.07) is 0. The second-order valence-electron chi connectivity index (χ2n) is 1.47. The second-order valence-corrected chi connectivity index (χ2v) is 1.47. The number of carboxylic acids is 3. The van der Waals surface area contributed by atoms with E-state index in [0.717, 1.165) is 20.8 Å². The van der Waals surface area contributed by atoms with Gasteiger partial charge in [-0.3, -0.25) is 0 Å². The van der Waals surface area contributed by atoms with Gasteiger partial charge in [0.15, 0.2) is 0 Å². The van der Waals surface area contributed by atoms with E-state index in [4.69, 9.17) is 29.7 Å². The molecular weight excluding hydrogens is 414 g/mol. The molecule has 0 fully saturated rings. The predicted octanol–water partition coefficient (Wildman–Crippen LogP) is -8.68. The van der Waals surface area contributed by atoms with Gasteiger partial charge in [0.25, 0.3) is 0 Å². The van der Waals surface area contributed by atoms with E-state index in [9.17, 15) is 0 Å². The Kier molecular flexibility index (Phi) is 272. The van der Waals surface area contributed by atoms with Gasteiger partial charge in [-0.2, -0.15) is 0 Å². The SMILES string of the molecule is CC(=O)[O-].CC(=O)[O-].CC(=O)[O-].O.O.O.O.O.O.[Sm+3]. The maximum atomic E-state index is 8.89. The summed E-state index contributed by atoms with van der Waals surface area (Å²) in [6.07, 6.45) is 0. The summed E-state index contributed by atoms with van der Waals surface area (Å²) in [5, 5.41) is 26.7. The van der Waals surface area contributed by atoms with E-state index in [1.54, 1.807) is 0 Å². The Balaban J connectivity index is -0.00000000675. The molecule has 0 aliphatic rings. The third kappa shape index (κ3) is 17400. The van der Waals surface area contributed by atoms with E-state index < -0.39 is 17.9 Å². The van der Waals surface area contributed by atoms with Gasteiger partial charge < -0.3 is 62.6 Å². The Morgan fingerprint density at radius 3 is 0.526 bits per heavy atom. The van der Waals surface area contributed by atoms with Crippen LogP contribution in [-0.2, 0) is 14.4 Å². The third-order valence-corrected chi connectivity index (χ3v) is 0. The predicted molar refractivity (Wildman–Crippen MR) is 53.7 cm³/mol. The van der Waals surface area contributed by atoms with Crippen LogP contribution in [0.1, 0.15) is 20.8 Å². The molecule has 123 valence electrons. The van der Waals surface area contributed by atoms with Crippen molar-refractivity contribution in [1.82, 2.24) is 0 Å². The minimum atomic E-state index is -1.08. The Morgan fingerprint density at radius 2 is 0.526 bits per heavy atom. The van der Waals surface area contributed by atoms with E-state index in [1.807, 2.05) is 0 Å². The standard InChI is InChI=1S/3C2H4O2.6H2O.Sm/c3*1-2(3)4;;;;;;;/h3*1H3,(H,3,4);6*1H2;/q;;;;;;;;;+3/p-3. The summed E-state index contributed by atoms with van der Waals surface area (Å²) in [6.45, 7) is 2.92. The zero-order chi connectivity index (χ0) is 10.7. The molecule has 0 aliphatic carbocycles. The number of carbonyl (C=O) groups is 3. The van der Waals surface area contributed by atoms with Crippen LogP contribution in [0.2, 0.25) is 0 Å². The van der Waals surface area contributed by atoms with Gasteiger partial charge in [0.05, 0.1) is 0 Å². The second kappa shape index (κ2) is 65.9. The molecule has 0 spiro atoms. The van der Waals surface area contributed by atoms with E-state index >= 15 is 0 Å². The zero-order valence-corrected chi connectivity index (χ0v) is 13.0. The molecule has 12 nitrogen and oxygen atoms in total. The molecule has 0 unspecified atom stereocenters.